The van der Waals surface area contributed by atoms with Gasteiger partial charge in [-0.3, -0.25) is 10.1 Å². The number of fused-ring (bicyclic) bond motifs is 1. The van der Waals surface area contributed by atoms with Crippen LogP contribution < -0.4 is 10.6 Å². The van der Waals surface area contributed by atoms with E-state index in [9.17, 15) is 9.18 Å². The van der Waals surface area contributed by atoms with E-state index in [1.54, 1.807) is 24.3 Å². The van der Waals surface area contributed by atoms with Crippen LogP contribution in [0.5, 0.6) is 0 Å². The van der Waals surface area contributed by atoms with E-state index in [0.29, 0.717) is 5.02 Å². The summed E-state index contributed by atoms with van der Waals surface area (Å²) in [6, 6.07) is 11.0. The molecule has 5 heteroatoms. The average molecular weight is 305 g/mol. The van der Waals surface area contributed by atoms with Crippen molar-refractivity contribution in [3.05, 3.63) is 64.4 Å². The Hall–Kier alpha value is -1.91. The SMILES string of the molecule is CC(NC1C(=O)Nc2ccc(Cl)cc21)c1cccc(F)c1. The van der Waals surface area contributed by atoms with Crippen molar-refractivity contribution in [1.29, 1.82) is 0 Å². The minimum atomic E-state index is -0.489. The Kier molecular flexibility index (Phi) is 3.66. The topological polar surface area (TPSA) is 41.1 Å². The normalized spacial score (nSPS) is 18.2. The first kappa shape index (κ1) is 14.0. The van der Waals surface area contributed by atoms with Gasteiger partial charge in [-0.2, -0.15) is 0 Å². The van der Waals surface area contributed by atoms with Gasteiger partial charge in [-0.1, -0.05) is 23.7 Å². The number of hydrogen-bond acceptors (Lipinski definition) is 2. The van der Waals surface area contributed by atoms with Gasteiger partial charge in [0, 0.05) is 22.3 Å². The predicted molar refractivity (Wildman–Crippen MR) is 80.8 cm³/mol. The lowest BCUT2D eigenvalue weighted by Gasteiger charge is -2.19. The van der Waals surface area contributed by atoms with Crippen molar-refractivity contribution in [2.45, 2.75) is 19.0 Å². The number of hydrogen-bond donors (Lipinski definition) is 2. The highest BCUT2D eigenvalue weighted by molar-refractivity contribution is 6.31. The molecule has 2 unspecified atom stereocenters. The largest absolute Gasteiger partial charge is 0.324 e. The van der Waals surface area contributed by atoms with Crippen LogP contribution in [-0.2, 0) is 4.79 Å². The molecule has 2 aromatic rings. The molecule has 2 atom stereocenters. The van der Waals surface area contributed by atoms with Crippen LogP contribution >= 0.6 is 11.6 Å². The van der Waals surface area contributed by atoms with E-state index in [-0.39, 0.29) is 17.8 Å². The molecule has 3 rings (SSSR count). The molecule has 108 valence electrons. The summed E-state index contributed by atoms with van der Waals surface area (Å²) in [5.74, 6) is -0.420. The standard InChI is InChI=1S/C16H14ClFN2O/c1-9(10-3-2-4-12(18)7-10)19-15-13-8-11(17)5-6-14(13)20-16(15)21/h2-9,15,19H,1H3,(H,20,21). The molecule has 0 saturated heterocycles. The van der Waals surface area contributed by atoms with E-state index >= 15 is 0 Å². The maximum absolute atomic E-state index is 13.3. The van der Waals surface area contributed by atoms with Gasteiger partial charge in [-0.25, -0.2) is 4.39 Å². The van der Waals surface area contributed by atoms with Gasteiger partial charge in [-0.15, -0.1) is 0 Å². The molecule has 0 radical (unpaired) electrons. The van der Waals surface area contributed by atoms with Crippen molar-refractivity contribution in [3.8, 4) is 0 Å². The molecule has 3 nitrogen and oxygen atoms in total. The van der Waals surface area contributed by atoms with Crippen LogP contribution in [0.4, 0.5) is 10.1 Å². The first-order chi connectivity index (χ1) is 10.0. The molecule has 2 aromatic carbocycles. The second-order valence-electron chi connectivity index (χ2n) is 5.10. The van der Waals surface area contributed by atoms with E-state index in [0.717, 1.165) is 16.8 Å². The van der Waals surface area contributed by atoms with Crippen molar-refractivity contribution in [2.75, 3.05) is 5.32 Å². The summed E-state index contributed by atoms with van der Waals surface area (Å²) < 4.78 is 13.3. The average Bonchev–Trinajstić information content (AvgIpc) is 2.75. The maximum Gasteiger partial charge on any atom is 0.246 e. The third kappa shape index (κ3) is 2.77. The molecule has 1 amide bonds. The van der Waals surface area contributed by atoms with E-state index < -0.39 is 6.04 Å². The Morgan fingerprint density at radius 2 is 2.10 bits per heavy atom. The summed E-state index contributed by atoms with van der Waals surface area (Å²) in [4.78, 5) is 12.1. The number of carbonyl (C=O) groups excluding carboxylic acids is 1. The van der Waals surface area contributed by atoms with Gasteiger partial charge in [0.15, 0.2) is 0 Å². The number of rotatable bonds is 3. The van der Waals surface area contributed by atoms with E-state index in [2.05, 4.69) is 10.6 Å². The molecule has 1 heterocycles. The van der Waals surface area contributed by atoms with Crippen molar-refractivity contribution in [1.82, 2.24) is 5.32 Å². The fraction of sp³-hybridized carbons (Fsp3) is 0.188. The summed E-state index contributed by atoms with van der Waals surface area (Å²) in [7, 11) is 0. The van der Waals surface area contributed by atoms with Gasteiger partial charge in [0.25, 0.3) is 0 Å². The molecule has 0 fully saturated rings. The molecule has 0 aliphatic carbocycles. The molecular weight excluding hydrogens is 291 g/mol. The molecule has 2 N–H and O–H groups in total. The van der Waals surface area contributed by atoms with Crippen molar-refractivity contribution < 1.29 is 9.18 Å². The van der Waals surface area contributed by atoms with Gasteiger partial charge < -0.3 is 5.32 Å². The lowest BCUT2D eigenvalue weighted by atomic mass is 10.0. The molecular formula is C16H14ClFN2O. The molecule has 0 bridgehead atoms. The highest BCUT2D eigenvalue weighted by Crippen LogP contribution is 2.34. The van der Waals surface area contributed by atoms with Crippen LogP contribution in [0.15, 0.2) is 42.5 Å². The first-order valence-corrected chi connectivity index (χ1v) is 7.04. The van der Waals surface area contributed by atoms with Crippen molar-refractivity contribution >= 4 is 23.2 Å². The molecule has 21 heavy (non-hydrogen) atoms. The third-order valence-corrected chi connectivity index (χ3v) is 3.85. The Morgan fingerprint density at radius 3 is 2.86 bits per heavy atom. The lowest BCUT2D eigenvalue weighted by molar-refractivity contribution is -0.117. The van der Waals surface area contributed by atoms with Crippen LogP contribution in [-0.4, -0.2) is 5.91 Å². The number of nitrogens with one attached hydrogen (secondary N) is 2. The Morgan fingerprint density at radius 1 is 1.29 bits per heavy atom. The summed E-state index contributed by atoms with van der Waals surface area (Å²) in [6.07, 6.45) is 0. The predicted octanol–water partition coefficient (Wildman–Crippen LogP) is 3.82. The monoisotopic (exact) mass is 304 g/mol. The van der Waals surface area contributed by atoms with Crippen LogP contribution in [0.1, 0.15) is 30.1 Å². The van der Waals surface area contributed by atoms with Crippen LogP contribution in [0.2, 0.25) is 5.02 Å². The molecule has 0 saturated carbocycles. The van der Waals surface area contributed by atoms with E-state index in [4.69, 9.17) is 11.6 Å². The summed E-state index contributed by atoms with van der Waals surface area (Å²) in [5, 5.41) is 6.61. The zero-order chi connectivity index (χ0) is 15.0. The first-order valence-electron chi connectivity index (χ1n) is 6.66. The minimum Gasteiger partial charge on any atom is -0.324 e. The summed E-state index contributed by atoms with van der Waals surface area (Å²) in [6.45, 7) is 1.89. The zero-order valence-corrected chi connectivity index (χ0v) is 12.1. The Bertz CT molecular complexity index is 704. The number of anilines is 1. The number of carbonyl (C=O) groups is 1. The Balaban J connectivity index is 1.85. The van der Waals surface area contributed by atoms with E-state index in [1.165, 1.54) is 12.1 Å². The van der Waals surface area contributed by atoms with Gasteiger partial charge in [0.2, 0.25) is 5.91 Å². The van der Waals surface area contributed by atoms with Crippen molar-refractivity contribution in [3.63, 3.8) is 0 Å². The molecule has 1 aliphatic heterocycles. The summed E-state index contributed by atoms with van der Waals surface area (Å²) >= 11 is 5.99. The number of amides is 1. The maximum atomic E-state index is 13.3. The molecule has 0 aromatic heterocycles. The van der Waals surface area contributed by atoms with Gasteiger partial charge in [0.05, 0.1) is 0 Å². The fourth-order valence-corrected chi connectivity index (χ4v) is 2.70. The van der Waals surface area contributed by atoms with Crippen molar-refractivity contribution in [2.24, 2.45) is 0 Å². The second-order valence-corrected chi connectivity index (χ2v) is 5.53. The smallest absolute Gasteiger partial charge is 0.246 e. The quantitative estimate of drug-likeness (QED) is 0.905. The molecule has 1 aliphatic rings. The van der Waals surface area contributed by atoms with E-state index in [1.807, 2.05) is 13.0 Å². The number of halogens is 2. The second kappa shape index (κ2) is 5.47. The van der Waals surface area contributed by atoms with Crippen LogP contribution in [0.25, 0.3) is 0 Å². The number of benzene rings is 2. The fourth-order valence-electron chi connectivity index (χ4n) is 2.52. The van der Waals surface area contributed by atoms with Gasteiger partial charge in [0.1, 0.15) is 11.9 Å². The van der Waals surface area contributed by atoms with Gasteiger partial charge in [-0.05, 0) is 42.8 Å². The lowest BCUT2D eigenvalue weighted by Crippen LogP contribution is -2.29. The van der Waals surface area contributed by atoms with Crippen LogP contribution in [0.3, 0.4) is 0 Å². The van der Waals surface area contributed by atoms with Gasteiger partial charge >= 0.3 is 0 Å². The third-order valence-electron chi connectivity index (χ3n) is 3.61. The Labute approximate surface area is 127 Å². The molecule has 0 spiro atoms. The summed E-state index contributed by atoms with van der Waals surface area (Å²) in [5.41, 5.74) is 2.36. The minimum absolute atomic E-state index is 0.129. The highest BCUT2D eigenvalue weighted by Gasteiger charge is 2.31. The van der Waals surface area contributed by atoms with Crippen LogP contribution in [0, 0.1) is 5.82 Å². The highest BCUT2D eigenvalue weighted by atomic mass is 35.5. The zero-order valence-electron chi connectivity index (χ0n) is 11.4.